The molecule has 0 atom stereocenters. The second-order valence-electron chi connectivity index (χ2n) is 5.00. The lowest BCUT2D eigenvalue weighted by Gasteiger charge is -2.02. The van der Waals surface area contributed by atoms with E-state index >= 15 is 0 Å². The Labute approximate surface area is 144 Å². The zero-order valence-electron chi connectivity index (χ0n) is 12.2. The molecule has 0 spiro atoms. The summed E-state index contributed by atoms with van der Waals surface area (Å²) in [7, 11) is 0. The minimum absolute atomic E-state index is 0.219. The number of furan rings is 1. The predicted molar refractivity (Wildman–Crippen MR) is 91.6 cm³/mol. The molecule has 0 aliphatic rings. The topological polar surface area (TPSA) is 81.2 Å². The van der Waals surface area contributed by atoms with Gasteiger partial charge in [0.15, 0.2) is 16.0 Å². The Morgan fingerprint density at radius 2 is 1.88 bits per heavy atom. The molecule has 24 heavy (non-hydrogen) atoms. The van der Waals surface area contributed by atoms with Crippen molar-refractivity contribution in [2.45, 2.75) is 0 Å². The van der Waals surface area contributed by atoms with Gasteiger partial charge in [-0.1, -0.05) is 0 Å². The molecule has 4 aromatic rings. The standard InChI is InChI=1S/C17H10BrN3O3/c18-15-4-3-13(23-15)16(22)20-11-1-2-12-14(9-11)24-17(21-12)10-5-7-19-8-6-10/h1-9H,(H,20,22). The molecule has 1 amide bonds. The van der Waals surface area contributed by atoms with E-state index in [0.29, 0.717) is 27.3 Å². The van der Waals surface area contributed by atoms with Crippen LogP contribution in [-0.2, 0) is 0 Å². The van der Waals surface area contributed by atoms with Crippen molar-refractivity contribution >= 4 is 38.6 Å². The van der Waals surface area contributed by atoms with Gasteiger partial charge >= 0.3 is 0 Å². The fourth-order valence-electron chi connectivity index (χ4n) is 2.25. The monoisotopic (exact) mass is 383 g/mol. The van der Waals surface area contributed by atoms with Crippen molar-refractivity contribution in [3.63, 3.8) is 0 Å². The molecule has 1 aromatic carbocycles. The number of oxazole rings is 1. The van der Waals surface area contributed by atoms with E-state index in [1.165, 1.54) is 0 Å². The van der Waals surface area contributed by atoms with E-state index in [9.17, 15) is 4.79 Å². The highest BCUT2D eigenvalue weighted by Gasteiger charge is 2.13. The molecule has 3 heterocycles. The van der Waals surface area contributed by atoms with Crippen molar-refractivity contribution in [1.29, 1.82) is 0 Å². The lowest BCUT2D eigenvalue weighted by molar-refractivity contribution is 0.0995. The minimum Gasteiger partial charge on any atom is -0.444 e. The van der Waals surface area contributed by atoms with Crippen LogP contribution in [0, 0.1) is 0 Å². The second-order valence-corrected chi connectivity index (χ2v) is 5.78. The van der Waals surface area contributed by atoms with Crippen LogP contribution in [0.1, 0.15) is 10.6 Å². The number of benzene rings is 1. The van der Waals surface area contributed by atoms with Gasteiger partial charge in [0.1, 0.15) is 5.52 Å². The third-order valence-electron chi connectivity index (χ3n) is 3.37. The van der Waals surface area contributed by atoms with E-state index < -0.39 is 0 Å². The average molecular weight is 384 g/mol. The average Bonchev–Trinajstić information content (AvgIpc) is 3.21. The third-order valence-corrected chi connectivity index (χ3v) is 3.80. The van der Waals surface area contributed by atoms with Gasteiger partial charge < -0.3 is 14.2 Å². The molecule has 0 aliphatic carbocycles. The van der Waals surface area contributed by atoms with Crippen LogP contribution in [0.4, 0.5) is 5.69 Å². The van der Waals surface area contributed by atoms with Crippen LogP contribution in [0.3, 0.4) is 0 Å². The summed E-state index contributed by atoms with van der Waals surface area (Å²) in [5, 5.41) is 2.76. The van der Waals surface area contributed by atoms with E-state index in [0.717, 1.165) is 5.56 Å². The van der Waals surface area contributed by atoms with Crippen LogP contribution in [0.25, 0.3) is 22.6 Å². The normalized spacial score (nSPS) is 10.9. The smallest absolute Gasteiger partial charge is 0.291 e. The first-order valence-electron chi connectivity index (χ1n) is 7.07. The molecule has 6 nitrogen and oxygen atoms in total. The SMILES string of the molecule is O=C(Nc1ccc2nc(-c3ccncc3)oc2c1)c1ccc(Br)o1. The van der Waals surface area contributed by atoms with Crippen molar-refractivity contribution in [3.8, 4) is 11.5 Å². The molecule has 0 fully saturated rings. The Morgan fingerprint density at radius 3 is 2.62 bits per heavy atom. The van der Waals surface area contributed by atoms with Gasteiger partial charge in [-0.25, -0.2) is 4.98 Å². The quantitative estimate of drug-likeness (QED) is 0.563. The highest BCUT2D eigenvalue weighted by molar-refractivity contribution is 9.10. The fraction of sp³-hybridized carbons (Fsp3) is 0. The molecular weight excluding hydrogens is 374 g/mol. The van der Waals surface area contributed by atoms with Crippen LogP contribution in [0.2, 0.25) is 0 Å². The maximum atomic E-state index is 12.1. The molecule has 0 bridgehead atoms. The van der Waals surface area contributed by atoms with Gasteiger partial charge in [0.2, 0.25) is 5.89 Å². The summed E-state index contributed by atoms with van der Waals surface area (Å²) in [5.74, 6) is 0.386. The largest absolute Gasteiger partial charge is 0.444 e. The predicted octanol–water partition coefficient (Wildman–Crippen LogP) is 4.50. The van der Waals surface area contributed by atoms with E-state index in [2.05, 4.69) is 31.2 Å². The zero-order chi connectivity index (χ0) is 16.5. The molecular formula is C17H10BrN3O3. The minimum atomic E-state index is -0.339. The van der Waals surface area contributed by atoms with Crippen LogP contribution >= 0.6 is 15.9 Å². The van der Waals surface area contributed by atoms with Gasteiger partial charge in [-0.2, -0.15) is 0 Å². The van der Waals surface area contributed by atoms with Gasteiger partial charge in [0.05, 0.1) is 0 Å². The highest BCUT2D eigenvalue weighted by atomic mass is 79.9. The highest BCUT2D eigenvalue weighted by Crippen LogP contribution is 2.26. The lowest BCUT2D eigenvalue weighted by atomic mass is 10.2. The summed E-state index contributed by atoms with van der Waals surface area (Å²) in [5.41, 5.74) is 2.73. The number of carbonyl (C=O) groups is 1. The molecule has 7 heteroatoms. The number of fused-ring (bicyclic) bond motifs is 1. The Morgan fingerprint density at radius 1 is 1.04 bits per heavy atom. The Hall–Kier alpha value is -2.93. The second kappa shape index (κ2) is 5.93. The van der Waals surface area contributed by atoms with Gasteiger partial charge in [0.25, 0.3) is 5.91 Å². The summed E-state index contributed by atoms with van der Waals surface area (Å²) in [6.07, 6.45) is 3.36. The van der Waals surface area contributed by atoms with E-state index in [1.54, 1.807) is 42.7 Å². The van der Waals surface area contributed by atoms with Crippen LogP contribution < -0.4 is 5.32 Å². The van der Waals surface area contributed by atoms with Gasteiger partial charge in [-0.3, -0.25) is 9.78 Å². The summed E-state index contributed by atoms with van der Waals surface area (Å²) >= 11 is 3.17. The number of hydrogen-bond acceptors (Lipinski definition) is 5. The number of hydrogen-bond donors (Lipinski definition) is 1. The van der Waals surface area contributed by atoms with Crippen LogP contribution in [0.5, 0.6) is 0 Å². The van der Waals surface area contributed by atoms with E-state index in [4.69, 9.17) is 8.83 Å². The number of amides is 1. The number of pyridine rings is 1. The summed E-state index contributed by atoms with van der Waals surface area (Å²) in [6.45, 7) is 0. The Balaban J connectivity index is 1.62. The number of rotatable bonds is 3. The van der Waals surface area contributed by atoms with Gasteiger partial charge in [0, 0.05) is 29.7 Å². The summed E-state index contributed by atoms with van der Waals surface area (Å²) < 4.78 is 11.5. The van der Waals surface area contributed by atoms with Crippen molar-refractivity contribution < 1.29 is 13.6 Å². The van der Waals surface area contributed by atoms with Gasteiger partial charge in [-0.05, 0) is 52.3 Å². The first-order valence-corrected chi connectivity index (χ1v) is 7.86. The molecule has 0 saturated carbocycles. The summed E-state index contributed by atoms with van der Waals surface area (Å²) in [6, 6.07) is 12.2. The van der Waals surface area contributed by atoms with Crippen LogP contribution in [-0.4, -0.2) is 15.9 Å². The number of aromatic nitrogens is 2. The number of halogens is 1. The molecule has 0 aliphatic heterocycles. The third kappa shape index (κ3) is 2.81. The van der Waals surface area contributed by atoms with Crippen molar-refractivity contribution in [3.05, 3.63) is 65.3 Å². The van der Waals surface area contributed by atoms with Gasteiger partial charge in [-0.15, -0.1) is 0 Å². The molecule has 118 valence electrons. The molecule has 0 radical (unpaired) electrons. The lowest BCUT2D eigenvalue weighted by Crippen LogP contribution is -2.10. The molecule has 1 N–H and O–H groups in total. The molecule has 3 aromatic heterocycles. The van der Waals surface area contributed by atoms with E-state index in [-0.39, 0.29) is 11.7 Å². The molecule has 0 unspecified atom stereocenters. The zero-order valence-corrected chi connectivity index (χ0v) is 13.8. The number of anilines is 1. The fourth-order valence-corrected chi connectivity index (χ4v) is 2.56. The molecule has 4 rings (SSSR count). The maximum absolute atomic E-state index is 12.1. The Bertz CT molecular complexity index is 1020. The van der Waals surface area contributed by atoms with Crippen LogP contribution in [0.15, 0.2) is 68.4 Å². The maximum Gasteiger partial charge on any atom is 0.291 e. The molecule has 0 saturated heterocycles. The first-order chi connectivity index (χ1) is 11.7. The van der Waals surface area contributed by atoms with Crippen molar-refractivity contribution in [2.75, 3.05) is 5.32 Å². The number of carbonyl (C=O) groups excluding carboxylic acids is 1. The summed E-state index contributed by atoms with van der Waals surface area (Å²) in [4.78, 5) is 20.5. The van der Waals surface area contributed by atoms with Crippen molar-refractivity contribution in [2.24, 2.45) is 0 Å². The first kappa shape index (κ1) is 14.6. The number of nitrogens with one attached hydrogen (secondary N) is 1. The Kier molecular flexibility index (Phi) is 3.62. The number of nitrogens with zero attached hydrogens (tertiary/aromatic N) is 2. The van der Waals surface area contributed by atoms with Crippen molar-refractivity contribution in [1.82, 2.24) is 9.97 Å². The van der Waals surface area contributed by atoms with E-state index in [1.807, 2.05) is 12.1 Å².